The molecule has 0 saturated carbocycles. The van der Waals surface area contributed by atoms with Crippen LogP contribution in [0, 0.1) is 0 Å². The van der Waals surface area contributed by atoms with E-state index in [0.29, 0.717) is 6.54 Å². The van der Waals surface area contributed by atoms with Crippen LogP contribution in [0.2, 0.25) is 0 Å². The Hall–Kier alpha value is -1.63. The number of nitrogens with one attached hydrogen (secondary N) is 2. The number of hydrogen-bond donors (Lipinski definition) is 3. The molecule has 0 aromatic carbocycles. The van der Waals surface area contributed by atoms with Gasteiger partial charge in [0.1, 0.15) is 12.6 Å². The predicted molar refractivity (Wildman–Crippen MR) is 64.1 cm³/mol. The summed E-state index contributed by atoms with van der Waals surface area (Å²) < 4.78 is 0. The van der Waals surface area contributed by atoms with Gasteiger partial charge < -0.3 is 15.7 Å². The fraction of sp³-hybridized carbons (Fsp3) is 0.727. The van der Waals surface area contributed by atoms with E-state index in [9.17, 15) is 14.4 Å². The molecule has 1 aliphatic rings. The lowest BCUT2D eigenvalue weighted by atomic mass is 10.1. The average Bonchev–Trinajstić information content (AvgIpc) is 2.33. The summed E-state index contributed by atoms with van der Waals surface area (Å²) in [6.45, 7) is 2.69. The average molecular weight is 257 g/mol. The Kier molecular flexibility index (Phi) is 5.57. The van der Waals surface area contributed by atoms with E-state index in [1.807, 2.05) is 0 Å². The number of hydrogen-bond acceptors (Lipinski definition) is 4. The highest BCUT2D eigenvalue weighted by molar-refractivity contribution is 6.02. The van der Waals surface area contributed by atoms with Crippen LogP contribution in [0.5, 0.6) is 0 Å². The zero-order valence-corrected chi connectivity index (χ0v) is 10.4. The van der Waals surface area contributed by atoms with E-state index in [4.69, 9.17) is 5.11 Å². The largest absolute Gasteiger partial charge is 0.480 e. The second kappa shape index (κ2) is 6.95. The van der Waals surface area contributed by atoms with E-state index in [1.54, 1.807) is 0 Å². The number of unbranched alkanes of at least 4 members (excludes halogenated alkanes) is 2. The van der Waals surface area contributed by atoms with Crippen molar-refractivity contribution in [3.05, 3.63) is 0 Å². The third-order valence-corrected chi connectivity index (χ3v) is 2.74. The molecule has 1 rings (SSSR count). The number of carbonyl (C=O) groups excluding carboxylic acids is 2. The Bertz CT molecular complexity index is 332. The van der Waals surface area contributed by atoms with Crippen molar-refractivity contribution in [1.29, 1.82) is 0 Å². The van der Waals surface area contributed by atoms with E-state index in [2.05, 4.69) is 17.6 Å². The summed E-state index contributed by atoms with van der Waals surface area (Å²) in [7, 11) is 0. The normalized spacial score (nSPS) is 18.4. The van der Waals surface area contributed by atoms with Crippen LogP contribution in [0.3, 0.4) is 0 Å². The van der Waals surface area contributed by atoms with Crippen LogP contribution in [0.4, 0.5) is 4.79 Å². The first-order chi connectivity index (χ1) is 8.56. The van der Waals surface area contributed by atoms with Gasteiger partial charge in [0.2, 0.25) is 5.91 Å². The molecule has 18 heavy (non-hydrogen) atoms. The SMILES string of the molecule is CCCCCNC1CN(C(=O)NCC(=O)O)C1=O. The number of aliphatic carboxylic acids is 1. The highest BCUT2D eigenvalue weighted by atomic mass is 16.4. The smallest absolute Gasteiger partial charge is 0.324 e. The molecule has 0 aromatic heterocycles. The summed E-state index contributed by atoms with van der Waals surface area (Å²) in [4.78, 5) is 34.2. The molecule has 1 unspecified atom stereocenters. The number of carboxylic acids is 1. The number of carbonyl (C=O) groups is 3. The van der Waals surface area contributed by atoms with Gasteiger partial charge in [-0.25, -0.2) is 4.79 Å². The third-order valence-electron chi connectivity index (χ3n) is 2.74. The number of carboxylic acid groups (broad SMARTS) is 1. The molecule has 0 bridgehead atoms. The van der Waals surface area contributed by atoms with E-state index in [-0.39, 0.29) is 11.9 Å². The molecule has 3 amide bonds. The minimum Gasteiger partial charge on any atom is -0.480 e. The summed E-state index contributed by atoms with van der Waals surface area (Å²) in [5, 5.41) is 13.6. The first-order valence-corrected chi connectivity index (χ1v) is 6.10. The monoisotopic (exact) mass is 257 g/mol. The van der Waals surface area contributed by atoms with Gasteiger partial charge in [-0.15, -0.1) is 0 Å². The first-order valence-electron chi connectivity index (χ1n) is 6.10. The summed E-state index contributed by atoms with van der Waals surface area (Å²) in [5.74, 6) is -1.43. The molecule has 1 saturated heterocycles. The van der Waals surface area contributed by atoms with E-state index >= 15 is 0 Å². The minimum absolute atomic E-state index is 0.297. The Morgan fingerprint density at radius 3 is 2.72 bits per heavy atom. The molecule has 102 valence electrons. The zero-order chi connectivity index (χ0) is 13.5. The summed E-state index contributed by atoms with van der Waals surface area (Å²) in [6.07, 6.45) is 3.23. The minimum atomic E-state index is -1.13. The van der Waals surface area contributed by atoms with Gasteiger partial charge in [0.05, 0.1) is 6.54 Å². The molecule has 3 N–H and O–H groups in total. The maximum atomic E-state index is 11.6. The van der Waals surface area contributed by atoms with Gasteiger partial charge in [0, 0.05) is 0 Å². The van der Waals surface area contributed by atoms with Gasteiger partial charge in [-0.2, -0.15) is 0 Å². The van der Waals surface area contributed by atoms with Gasteiger partial charge in [0.25, 0.3) is 0 Å². The molecule has 1 aliphatic heterocycles. The number of urea groups is 1. The van der Waals surface area contributed by atoms with Crippen molar-refractivity contribution >= 4 is 17.9 Å². The van der Waals surface area contributed by atoms with Crippen molar-refractivity contribution in [2.24, 2.45) is 0 Å². The van der Waals surface area contributed by atoms with Gasteiger partial charge in [-0.05, 0) is 13.0 Å². The van der Waals surface area contributed by atoms with Crippen molar-refractivity contribution in [2.75, 3.05) is 19.6 Å². The quantitative estimate of drug-likeness (QED) is 0.432. The maximum Gasteiger partial charge on any atom is 0.324 e. The number of amides is 3. The lowest BCUT2D eigenvalue weighted by Crippen LogP contribution is -2.66. The van der Waals surface area contributed by atoms with E-state index in [0.717, 1.165) is 30.7 Å². The molecule has 1 atom stereocenters. The summed E-state index contributed by atoms with van der Waals surface area (Å²) in [6, 6.07) is -0.952. The van der Waals surface area contributed by atoms with Crippen molar-refractivity contribution in [3.8, 4) is 0 Å². The van der Waals surface area contributed by atoms with Crippen molar-refractivity contribution in [2.45, 2.75) is 32.2 Å². The van der Waals surface area contributed by atoms with Crippen LogP contribution in [-0.2, 0) is 9.59 Å². The van der Waals surface area contributed by atoms with Crippen LogP contribution >= 0.6 is 0 Å². The Balaban J connectivity index is 2.19. The highest BCUT2D eigenvalue weighted by Crippen LogP contribution is 2.10. The van der Waals surface area contributed by atoms with Crippen molar-refractivity contribution < 1.29 is 19.5 Å². The fourth-order valence-electron chi connectivity index (χ4n) is 1.66. The summed E-state index contributed by atoms with van der Waals surface area (Å²) in [5.41, 5.74) is 0. The molecular weight excluding hydrogens is 238 g/mol. The molecule has 0 aliphatic carbocycles. The standard InChI is InChI=1S/C11H19N3O4/c1-2-3-4-5-12-8-7-14(10(8)17)11(18)13-6-9(15)16/h8,12H,2-7H2,1H3,(H,13,18)(H,15,16). The second-order valence-corrected chi connectivity index (χ2v) is 4.22. The van der Waals surface area contributed by atoms with Crippen molar-refractivity contribution in [1.82, 2.24) is 15.5 Å². The number of rotatable bonds is 7. The molecular formula is C11H19N3O4. The molecule has 0 aromatic rings. The fourth-order valence-corrected chi connectivity index (χ4v) is 1.66. The van der Waals surface area contributed by atoms with Gasteiger partial charge in [0.15, 0.2) is 0 Å². The third kappa shape index (κ3) is 3.99. The van der Waals surface area contributed by atoms with Crippen LogP contribution < -0.4 is 10.6 Å². The molecule has 1 heterocycles. The predicted octanol–water partition coefficient (Wildman–Crippen LogP) is -0.229. The van der Waals surface area contributed by atoms with Crippen LogP contribution in [0.1, 0.15) is 26.2 Å². The van der Waals surface area contributed by atoms with Crippen LogP contribution in [-0.4, -0.2) is 53.6 Å². The molecule has 0 radical (unpaired) electrons. The highest BCUT2D eigenvalue weighted by Gasteiger charge is 2.40. The zero-order valence-electron chi connectivity index (χ0n) is 10.4. The van der Waals surface area contributed by atoms with Gasteiger partial charge in [-0.3, -0.25) is 14.5 Å². The Morgan fingerprint density at radius 2 is 2.17 bits per heavy atom. The number of β-lactam (4-membered cyclic amide) rings is 1. The second-order valence-electron chi connectivity index (χ2n) is 4.22. The van der Waals surface area contributed by atoms with Crippen LogP contribution in [0.15, 0.2) is 0 Å². The topological polar surface area (TPSA) is 98.7 Å². The Labute approximate surface area is 106 Å². The summed E-state index contributed by atoms with van der Waals surface area (Å²) >= 11 is 0. The maximum absolute atomic E-state index is 11.6. The van der Waals surface area contributed by atoms with E-state index in [1.165, 1.54) is 0 Å². The van der Waals surface area contributed by atoms with Crippen molar-refractivity contribution in [3.63, 3.8) is 0 Å². The van der Waals surface area contributed by atoms with E-state index < -0.39 is 18.5 Å². The molecule has 1 fully saturated rings. The van der Waals surface area contributed by atoms with Gasteiger partial charge in [-0.1, -0.05) is 19.8 Å². The van der Waals surface area contributed by atoms with Crippen LogP contribution in [0.25, 0.3) is 0 Å². The number of nitrogens with zero attached hydrogens (tertiary/aromatic N) is 1. The lowest BCUT2D eigenvalue weighted by molar-refractivity contribution is -0.140. The number of imide groups is 1. The first kappa shape index (κ1) is 14.4. The lowest BCUT2D eigenvalue weighted by Gasteiger charge is -2.36. The molecule has 0 spiro atoms. The molecule has 7 nitrogen and oxygen atoms in total. The molecule has 7 heteroatoms. The van der Waals surface area contributed by atoms with Gasteiger partial charge >= 0.3 is 12.0 Å². The Morgan fingerprint density at radius 1 is 1.44 bits per heavy atom. The number of likely N-dealkylation sites (tertiary alicyclic amines) is 1.